The van der Waals surface area contributed by atoms with Crippen LogP contribution in [0.3, 0.4) is 0 Å². The standard InChI is InChI=1S/C67H52N2/c1-44-35-55-37-58-38-56(55)43-67(58,42-44)57-27-19-46(20-28-57)47-21-29-59(30-22-47)68(61-33-25-49(26-34-61)54-18-17-45-9-2-3-10-50(45)36-54)60-31-23-48(24-32-60)51-13-8-14-62(39-51)69-65-16-7-6-15-63(65)64-40-52-11-4-5-12-53(52)41-66(64)69/h2-34,36,38-41,44,55-56H,35,37,42-43H2,1H3/t44-,55?,56+,67?/m0/s1. The molecule has 1 aromatic heterocycles. The average Bonchev–Trinajstić information content (AvgIpc) is 4.01. The summed E-state index contributed by atoms with van der Waals surface area (Å²) in [5.41, 5.74) is 17.7. The number of anilines is 3. The summed E-state index contributed by atoms with van der Waals surface area (Å²) < 4.78 is 2.43. The van der Waals surface area contributed by atoms with Crippen LogP contribution in [0.2, 0.25) is 0 Å². The average molecular weight is 885 g/mol. The van der Waals surface area contributed by atoms with E-state index in [-0.39, 0.29) is 5.41 Å². The van der Waals surface area contributed by atoms with Crippen molar-refractivity contribution in [2.45, 2.75) is 38.0 Å². The van der Waals surface area contributed by atoms with E-state index in [0.29, 0.717) is 0 Å². The van der Waals surface area contributed by atoms with Gasteiger partial charge in [0.15, 0.2) is 0 Å². The zero-order chi connectivity index (χ0) is 45.6. The van der Waals surface area contributed by atoms with Crippen LogP contribution in [0.25, 0.3) is 82.4 Å². The zero-order valence-corrected chi connectivity index (χ0v) is 38.9. The molecule has 2 fully saturated rings. The van der Waals surface area contributed by atoms with Gasteiger partial charge in [0, 0.05) is 38.9 Å². The maximum absolute atomic E-state index is 2.66. The van der Waals surface area contributed by atoms with Crippen LogP contribution < -0.4 is 4.90 Å². The third kappa shape index (κ3) is 6.68. The third-order valence-electron chi connectivity index (χ3n) is 16.3. The Balaban J connectivity index is 0.806. The van der Waals surface area contributed by atoms with Crippen LogP contribution in [0.1, 0.15) is 38.2 Å². The molecular weight excluding hydrogens is 833 g/mol. The maximum atomic E-state index is 2.66. The Morgan fingerprint density at radius 1 is 0.435 bits per heavy atom. The van der Waals surface area contributed by atoms with E-state index in [9.17, 15) is 0 Å². The summed E-state index contributed by atoms with van der Waals surface area (Å²) in [5.74, 6) is 2.47. The Bertz CT molecular complexity index is 3800. The van der Waals surface area contributed by atoms with Gasteiger partial charge >= 0.3 is 0 Å². The Morgan fingerprint density at radius 2 is 0.986 bits per heavy atom. The Morgan fingerprint density at radius 3 is 1.64 bits per heavy atom. The van der Waals surface area contributed by atoms with Crippen LogP contribution in [0.15, 0.2) is 236 Å². The molecule has 4 aliphatic rings. The number of benzene rings is 10. The van der Waals surface area contributed by atoms with E-state index in [0.717, 1.165) is 40.5 Å². The van der Waals surface area contributed by atoms with Crippen LogP contribution in [-0.2, 0) is 5.41 Å². The minimum atomic E-state index is 0.254. The van der Waals surface area contributed by atoms with Crippen molar-refractivity contribution in [3.05, 3.63) is 242 Å². The number of hydrogen-bond acceptors (Lipinski definition) is 1. The van der Waals surface area contributed by atoms with Gasteiger partial charge in [-0.15, -0.1) is 0 Å². The lowest BCUT2D eigenvalue weighted by atomic mass is 9.67. The Kier molecular flexibility index (Phi) is 9.21. The van der Waals surface area contributed by atoms with Crippen LogP contribution >= 0.6 is 0 Å². The van der Waals surface area contributed by atoms with Crippen LogP contribution in [0.4, 0.5) is 17.1 Å². The van der Waals surface area contributed by atoms with E-state index in [1.807, 2.05) is 0 Å². The van der Waals surface area contributed by atoms with E-state index in [1.54, 1.807) is 5.57 Å². The quantitative estimate of drug-likeness (QED) is 0.138. The van der Waals surface area contributed by atoms with Crippen molar-refractivity contribution in [3.63, 3.8) is 0 Å². The van der Waals surface area contributed by atoms with Gasteiger partial charge in [0.05, 0.1) is 11.0 Å². The molecule has 0 radical (unpaired) electrons. The normalized spacial score (nSPS) is 19.4. The summed E-state index contributed by atoms with van der Waals surface area (Å²) >= 11 is 0. The monoisotopic (exact) mass is 884 g/mol. The molecule has 2 heteroatoms. The molecule has 10 aromatic carbocycles. The van der Waals surface area contributed by atoms with Gasteiger partial charge in [-0.25, -0.2) is 0 Å². The van der Waals surface area contributed by atoms with Gasteiger partial charge in [0.2, 0.25) is 0 Å². The van der Waals surface area contributed by atoms with Crippen molar-refractivity contribution < 1.29 is 0 Å². The van der Waals surface area contributed by atoms with Gasteiger partial charge < -0.3 is 9.47 Å². The first-order chi connectivity index (χ1) is 34.0. The number of fused-ring (bicyclic) bond motifs is 7. The van der Waals surface area contributed by atoms with Crippen molar-refractivity contribution in [3.8, 4) is 39.1 Å². The third-order valence-corrected chi connectivity index (χ3v) is 16.3. The van der Waals surface area contributed by atoms with Crippen molar-refractivity contribution in [2.75, 3.05) is 4.90 Å². The number of para-hydroxylation sites is 1. The van der Waals surface area contributed by atoms with E-state index in [2.05, 4.69) is 247 Å². The first-order valence-corrected chi connectivity index (χ1v) is 25.0. The summed E-state index contributed by atoms with van der Waals surface area (Å²) in [6, 6.07) is 83.5. The largest absolute Gasteiger partial charge is 0.311 e. The zero-order valence-electron chi connectivity index (χ0n) is 38.9. The number of allylic oxidation sites excluding steroid dienone is 2. The molecule has 4 bridgehead atoms. The summed E-state index contributed by atoms with van der Waals surface area (Å²) in [4.78, 5) is 2.39. The Hall–Kier alpha value is -7.94. The van der Waals surface area contributed by atoms with Crippen molar-refractivity contribution in [2.24, 2.45) is 17.8 Å². The van der Waals surface area contributed by atoms with Gasteiger partial charge in [-0.05, 0) is 177 Å². The summed E-state index contributed by atoms with van der Waals surface area (Å²) in [7, 11) is 0. The molecule has 0 amide bonds. The number of rotatable bonds is 8. The lowest BCUT2D eigenvalue weighted by Gasteiger charge is -2.37. The first-order valence-electron chi connectivity index (χ1n) is 25.0. The molecule has 0 N–H and O–H groups in total. The second-order valence-electron chi connectivity index (χ2n) is 20.4. The molecule has 2 unspecified atom stereocenters. The van der Waals surface area contributed by atoms with Crippen LogP contribution in [-0.4, -0.2) is 4.57 Å². The highest BCUT2D eigenvalue weighted by atomic mass is 15.1. The molecule has 69 heavy (non-hydrogen) atoms. The van der Waals surface area contributed by atoms with Gasteiger partial charge in [0.25, 0.3) is 0 Å². The maximum Gasteiger partial charge on any atom is 0.0547 e. The number of nitrogens with zero attached hydrogens (tertiary/aromatic N) is 2. The van der Waals surface area contributed by atoms with Gasteiger partial charge in [0.1, 0.15) is 0 Å². The minimum Gasteiger partial charge on any atom is -0.311 e. The Labute approximate surface area is 404 Å². The molecule has 0 aliphatic heterocycles. The fraction of sp³-hybridized carbons (Fsp3) is 0.134. The van der Waals surface area contributed by atoms with E-state index < -0.39 is 0 Å². The van der Waals surface area contributed by atoms with E-state index in [1.165, 1.54) is 108 Å². The summed E-state index contributed by atoms with van der Waals surface area (Å²) in [6.45, 7) is 2.49. The lowest BCUT2D eigenvalue weighted by Crippen LogP contribution is -2.30. The van der Waals surface area contributed by atoms with Crippen LogP contribution in [0, 0.1) is 17.8 Å². The SMILES string of the molecule is C[C@H]1CC2CC3=C[C@@H]2CC3(c2ccc(-c3ccc(N(c4ccc(-c5cccc(-n6c7ccccc7c7cc8ccccc8cc76)c5)cc4)c4ccc(-c5ccc6ccccc6c5)cc4)cc3)cc2)C1. The van der Waals surface area contributed by atoms with Gasteiger partial charge in [-0.2, -0.15) is 0 Å². The lowest BCUT2D eigenvalue weighted by molar-refractivity contribution is 0.320. The topological polar surface area (TPSA) is 8.17 Å². The highest BCUT2D eigenvalue weighted by Gasteiger charge is 2.53. The van der Waals surface area contributed by atoms with E-state index >= 15 is 0 Å². The molecule has 0 spiro atoms. The summed E-state index contributed by atoms with van der Waals surface area (Å²) in [5, 5.41) is 7.56. The molecule has 11 aromatic rings. The molecule has 4 atom stereocenters. The fourth-order valence-electron chi connectivity index (χ4n) is 13.1. The summed E-state index contributed by atoms with van der Waals surface area (Å²) in [6.07, 6.45) is 7.98. The molecule has 330 valence electrons. The predicted octanol–water partition coefficient (Wildman–Crippen LogP) is 18.2. The second-order valence-corrected chi connectivity index (χ2v) is 20.4. The predicted molar refractivity (Wildman–Crippen MR) is 291 cm³/mol. The second kappa shape index (κ2) is 15.8. The molecule has 1 heterocycles. The minimum absolute atomic E-state index is 0.254. The van der Waals surface area contributed by atoms with Gasteiger partial charge in [-0.3, -0.25) is 0 Å². The van der Waals surface area contributed by atoms with Crippen LogP contribution in [0.5, 0.6) is 0 Å². The van der Waals surface area contributed by atoms with E-state index in [4.69, 9.17) is 0 Å². The molecular formula is C67H52N2. The smallest absolute Gasteiger partial charge is 0.0547 e. The van der Waals surface area contributed by atoms with Crippen molar-refractivity contribution in [1.29, 1.82) is 0 Å². The highest BCUT2D eigenvalue weighted by Crippen LogP contribution is 2.62. The fourth-order valence-corrected chi connectivity index (χ4v) is 13.1. The van der Waals surface area contributed by atoms with Gasteiger partial charge in [-0.1, -0.05) is 170 Å². The molecule has 4 aliphatic carbocycles. The van der Waals surface area contributed by atoms with Crippen molar-refractivity contribution >= 4 is 60.4 Å². The molecule has 2 nitrogen and oxygen atoms in total. The molecule has 2 saturated carbocycles. The molecule has 0 saturated heterocycles. The number of aromatic nitrogens is 1. The number of hydrogen-bond donors (Lipinski definition) is 0. The van der Waals surface area contributed by atoms with Crippen molar-refractivity contribution in [1.82, 2.24) is 4.57 Å². The first kappa shape index (κ1) is 40.2. The highest BCUT2D eigenvalue weighted by molar-refractivity contribution is 6.13. The molecule has 15 rings (SSSR count).